The van der Waals surface area contributed by atoms with E-state index in [0.29, 0.717) is 84.6 Å². The molecule has 10 rings (SSSR count). The number of imidazole rings is 4. The first kappa shape index (κ1) is 47.2. The molecule has 0 saturated carbocycles. The number of hydrogen-bond donors (Lipinski definition) is 3. The minimum absolute atomic E-state index is 0.125. The number of carbonyl (C=O) groups is 2. The van der Waals surface area contributed by atoms with Crippen molar-refractivity contribution in [3.05, 3.63) is 161 Å². The summed E-state index contributed by atoms with van der Waals surface area (Å²) >= 11 is 5.11. The van der Waals surface area contributed by atoms with Gasteiger partial charge in [0.05, 0.1) is 80.8 Å². The Bertz CT molecular complexity index is 3510. The van der Waals surface area contributed by atoms with Crippen molar-refractivity contribution in [2.75, 3.05) is 5.73 Å². The summed E-state index contributed by atoms with van der Waals surface area (Å²) in [6.45, 7) is 6.83. The Morgan fingerprint density at radius 3 is 1.55 bits per heavy atom. The van der Waals surface area contributed by atoms with Gasteiger partial charge in [-0.25, -0.2) is 19.9 Å². The number of aryl methyl sites for hydroxylation is 4. The lowest BCUT2D eigenvalue weighted by atomic mass is 10.0. The number of alkyl halides is 6. The Morgan fingerprint density at radius 2 is 1.13 bits per heavy atom. The van der Waals surface area contributed by atoms with Crippen molar-refractivity contribution in [2.24, 2.45) is 0 Å². The van der Waals surface area contributed by atoms with Gasteiger partial charge in [-0.1, -0.05) is 16.4 Å². The van der Waals surface area contributed by atoms with E-state index in [9.17, 15) is 35.9 Å². The summed E-state index contributed by atoms with van der Waals surface area (Å²) in [5, 5.41) is 6.46. The average molecular weight is 968 g/mol. The van der Waals surface area contributed by atoms with Crippen molar-refractivity contribution in [3.63, 3.8) is 0 Å². The fraction of sp³-hybridized carbons (Fsp3) is 0.149. The van der Waals surface area contributed by atoms with Crippen molar-refractivity contribution in [1.82, 2.24) is 49.4 Å². The van der Waals surface area contributed by atoms with Gasteiger partial charge in [-0.05, 0) is 112 Å². The first-order valence-electron chi connectivity index (χ1n) is 20.4. The number of anilines is 1. The Hall–Kier alpha value is -8.33. The SMILES string of the molecule is Cc1cn(-c2cc(-c3nc4ccc(CC(=O)c5cnoc5C)cc4[nH]3)cc(C(F)(F)F)c2)cn1.Cc1cn(-c2cc(-c3nc4ccc(N)cc4[nH]3)cc(C(F)(F)F)c2)cn1.Cc1oncc1C(=O)Cl. The molecule has 0 unspecified atom stereocenters. The highest BCUT2D eigenvalue weighted by atomic mass is 35.5. The van der Waals surface area contributed by atoms with Gasteiger partial charge in [0.1, 0.15) is 23.2 Å². The Kier molecular flexibility index (Phi) is 12.8. The zero-order valence-corrected chi connectivity index (χ0v) is 37.3. The van der Waals surface area contributed by atoms with Gasteiger partial charge >= 0.3 is 12.4 Å². The van der Waals surface area contributed by atoms with E-state index in [1.54, 1.807) is 93.2 Å². The van der Waals surface area contributed by atoms with E-state index in [0.717, 1.165) is 29.8 Å². The number of aromatic nitrogens is 10. The number of ketones is 1. The van der Waals surface area contributed by atoms with Crippen molar-refractivity contribution in [3.8, 4) is 34.2 Å². The Morgan fingerprint density at radius 1 is 0.652 bits per heavy atom. The lowest BCUT2D eigenvalue weighted by Crippen LogP contribution is -2.07. The second-order valence-corrected chi connectivity index (χ2v) is 16.0. The predicted molar refractivity (Wildman–Crippen MR) is 242 cm³/mol. The molecule has 352 valence electrons. The molecule has 0 atom stereocenters. The monoisotopic (exact) mass is 967 g/mol. The first-order valence-corrected chi connectivity index (χ1v) is 20.8. The number of Topliss-reactive ketones (excluding diaryl/α,β-unsaturated/α-hetero) is 1. The normalized spacial score (nSPS) is 11.6. The van der Waals surface area contributed by atoms with Crippen LogP contribution < -0.4 is 5.73 Å². The number of rotatable bonds is 8. The second kappa shape index (κ2) is 18.7. The van der Waals surface area contributed by atoms with E-state index >= 15 is 0 Å². The summed E-state index contributed by atoms with van der Waals surface area (Å²) in [4.78, 5) is 46.1. The largest absolute Gasteiger partial charge is 0.416 e. The van der Waals surface area contributed by atoms with E-state index in [2.05, 4.69) is 44.7 Å². The van der Waals surface area contributed by atoms with Crippen molar-refractivity contribution in [2.45, 2.75) is 46.5 Å². The predicted octanol–water partition coefficient (Wildman–Crippen LogP) is 11.2. The Balaban J connectivity index is 0.000000161. The molecule has 0 radical (unpaired) electrons. The zero-order valence-electron chi connectivity index (χ0n) is 36.5. The maximum atomic E-state index is 13.6. The number of fused-ring (bicyclic) bond motifs is 2. The molecule has 6 heterocycles. The van der Waals surface area contributed by atoms with Crippen LogP contribution in [0.25, 0.3) is 56.2 Å². The van der Waals surface area contributed by atoms with Crippen LogP contribution in [0.4, 0.5) is 32.0 Å². The van der Waals surface area contributed by atoms with Gasteiger partial charge < -0.3 is 33.9 Å². The van der Waals surface area contributed by atoms with Crippen LogP contribution in [0.2, 0.25) is 0 Å². The van der Waals surface area contributed by atoms with Crippen molar-refractivity contribution < 1.29 is 45.0 Å². The highest BCUT2D eigenvalue weighted by Crippen LogP contribution is 2.36. The maximum absolute atomic E-state index is 13.6. The average Bonchev–Trinajstić information content (AvgIpc) is 4.17. The molecular formula is C47H36ClF6N11O4. The van der Waals surface area contributed by atoms with E-state index in [-0.39, 0.29) is 23.6 Å². The molecule has 0 spiro atoms. The first-order chi connectivity index (χ1) is 32.7. The number of hydrogen-bond acceptors (Lipinski definition) is 11. The third-order valence-corrected chi connectivity index (χ3v) is 10.7. The molecule has 15 nitrogen and oxygen atoms in total. The van der Waals surface area contributed by atoms with Crippen LogP contribution in [-0.2, 0) is 18.8 Å². The van der Waals surface area contributed by atoms with Crippen LogP contribution in [0.15, 0.2) is 119 Å². The molecule has 0 saturated heterocycles. The van der Waals surface area contributed by atoms with Gasteiger partial charge in [0.15, 0.2) is 5.78 Å². The number of nitrogens with two attached hydrogens (primary N) is 1. The van der Waals surface area contributed by atoms with Crippen LogP contribution in [0.5, 0.6) is 0 Å². The number of halogens is 7. The number of nitrogens with zero attached hydrogens (tertiary/aromatic N) is 8. The molecule has 0 amide bonds. The number of nitrogens with one attached hydrogen (secondary N) is 2. The molecule has 22 heteroatoms. The fourth-order valence-corrected chi connectivity index (χ4v) is 7.23. The molecule has 6 aromatic heterocycles. The third kappa shape index (κ3) is 10.8. The van der Waals surface area contributed by atoms with Gasteiger partial charge in [-0.15, -0.1) is 0 Å². The van der Waals surface area contributed by atoms with Crippen LogP contribution in [0, 0.1) is 27.7 Å². The van der Waals surface area contributed by atoms with Crippen LogP contribution in [0.3, 0.4) is 0 Å². The van der Waals surface area contributed by atoms with Gasteiger partial charge in [-0.3, -0.25) is 9.59 Å². The molecule has 0 aliphatic heterocycles. The topological polar surface area (TPSA) is 205 Å². The summed E-state index contributed by atoms with van der Waals surface area (Å²) < 4.78 is 93.5. The van der Waals surface area contributed by atoms with Gasteiger partial charge in [0, 0.05) is 47.0 Å². The van der Waals surface area contributed by atoms with E-state index in [4.69, 9.17) is 21.9 Å². The van der Waals surface area contributed by atoms with E-state index in [1.165, 1.54) is 29.6 Å². The summed E-state index contributed by atoms with van der Waals surface area (Å²) in [6, 6.07) is 17.9. The zero-order chi connectivity index (χ0) is 49.4. The third-order valence-electron chi connectivity index (χ3n) is 10.5. The quantitative estimate of drug-likeness (QED) is 0.0565. The number of H-pyrrole nitrogens is 2. The number of nitrogen functional groups attached to an aromatic ring is 1. The van der Waals surface area contributed by atoms with Crippen LogP contribution in [0.1, 0.15) is 60.3 Å². The summed E-state index contributed by atoms with van der Waals surface area (Å²) in [7, 11) is 0. The molecule has 0 fully saturated rings. The van der Waals surface area contributed by atoms with Crippen LogP contribution in [-0.4, -0.2) is 60.4 Å². The molecule has 0 bridgehead atoms. The van der Waals surface area contributed by atoms with E-state index in [1.807, 2.05) is 0 Å². The lowest BCUT2D eigenvalue weighted by Gasteiger charge is -2.12. The number of carbonyl (C=O) groups excluding carboxylic acids is 2. The highest BCUT2D eigenvalue weighted by molar-refractivity contribution is 6.67. The number of benzene rings is 4. The minimum atomic E-state index is -4.53. The van der Waals surface area contributed by atoms with Crippen LogP contribution >= 0.6 is 11.6 Å². The van der Waals surface area contributed by atoms with Crippen molar-refractivity contribution in [1.29, 1.82) is 0 Å². The van der Waals surface area contributed by atoms with Crippen molar-refractivity contribution >= 4 is 50.4 Å². The smallest absolute Gasteiger partial charge is 0.399 e. The van der Waals surface area contributed by atoms with Gasteiger partial charge in [-0.2, -0.15) is 26.3 Å². The lowest BCUT2D eigenvalue weighted by molar-refractivity contribution is -0.138. The molecule has 10 aromatic rings. The fourth-order valence-electron chi connectivity index (χ4n) is 7.05. The Labute approximate surface area is 391 Å². The second-order valence-electron chi connectivity index (χ2n) is 15.6. The molecule has 4 N–H and O–H groups in total. The molecule has 0 aliphatic rings. The highest BCUT2D eigenvalue weighted by Gasteiger charge is 2.33. The number of aromatic amines is 2. The summed E-state index contributed by atoms with van der Waals surface area (Å²) in [5.41, 5.74) is 11.4. The maximum Gasteiger partial charge on any atom is 0.416 e. The standard InChI is InChI=1S/C24H18F3N5O2.C18H14F3N5.C5H4ClNO2/c1-13-11-32(12-28-13)18-8-16(7-17(9-18)24(25,26)27)23-30-20-4-3-15(5-21(20)31-23)6-22(33)19-10-29-34-14(19)2;1-10-8-26(9-23-10)14-5-11(4-12(6-14)18(19,20)21)17-24-15-3-2-13(22)7-16(15)25-17;1-3-4(5(6)8)2-7-9-3/h3-5,7-12H,6H2,1-2H3,(H,30,31);2-9H,22H2,1H3,(H,24,25);2H,1H3. The molecule has 69 heavy (non-hydrogen) atoms. The van der Waals surface area contributed by atoms with Gasteiger partial charge in [0.25, 0.3) is 5.24 Å². The molecular weight excluding hydrogens is 932 g/mol. The van der Waals surface area contributed by atoms with Gasteiger partial charge in [0.2, 0.25) is 0 Å². The summed E-state index contributed by atoms with van der Waals surface area (Å²) in [6.07, 6.45) is 0.0672. The molecule has 4 aromatic carbocycles. The molecule has 0 aliphatic carbocycles. The minimum Gasteiger partial charge on any atom is -0.399 e. The van der Waals surface area contributed by atoms with E-state index < -0.39 is 28.7 Å². The summed E-state index contributed by atoms with van der Waals surface area (Å²) in [5.74, 6) is 1.39.